The molecule has 1 N–H and O–H groups in total. The van der Waals surface area contributed by atoms with Crippen LogP contribution in [-0.4, -0.2) is 28.4 Å². The van der Waals surface area contributed by atoms with Gasteiger partial charge in [-0.2, -0.15) is 0 Å². The van der Waals surface area contributed by atoms with Crippen LogP contribution in [0.25, 0.3) is 5.76 Å². The lowest BCUT2D eigenvalue weighted by Gasteiger charge is -2.25. The van der Waals surface area contributed by atoms with E-state index in [4.69, 9.17) is 4.74 Å². The van der Waals surface area contributed by atoms with Crippen molar-refractivity contribution in [2.75, 3.05) is 11.5 Å². The van der Waals surface area contributed by atoms with Crippen molar-refractivity contribution in [3.8, 4) is 5.75 Å². The highest BCUT2D eigenvalue weighted by Crippen LogP contribution is 2.42. The van der Waals surface area contributed by atoms with Crippen LogP contribution in [0.1, 0.15) is 36.1 Å². The van der Waals surface area contributed by atoms with Crippen molar-refractivity contribution < 1.29 is 19.4 Å². The molecule has 1 saturated heterocycles. The lowest BCUT2D eigenvalue weighted by molar-refractivity contribution is -0.132. The van der Waals surface area contributed by atoms with Gasteiger partial charge in [0.2, 0.25) is 0 Å². The molecule has 1 aromatic heterocycles. The van der Waals surface area contributed by atoms with Crippen molar-refractivity contribution in [2.24, 2.45) is 0 Å². The second-order valence-electron chi connectivity index (χ2n) is 7.67. The molecule has 6 heteroatoms. The van der Waals surface area contributed by atoms with Gasteiger partial charge in [0.1, 0.15) is 11.5 Å². The topological polar surface area (TPSA) is 79.7 Å². The van der Waals surface area contributed by atoms with E-state index in [-0.39, 0.29) is 11.3 Å². The molecule has 0 bridgehead atoms. The van der Waals surface area contributed by atoms with Gasteiger partial charge in [-0.1, -0.05) is 37.3 Å². The van der Waals surface area contributed by atoms with Crippen LogP contribution in [0.3, 0.4) is 0 Å². The van der Waals surface area contributed by atoms with Gasteiger partial charge in [0.25, 0.3) is 11.7 Å². The van der Waals surface area contributed by atoms with Crippen LogP contribution in [0.4, 0.5) is 5.69 Å². The summed E-state index contributed by atoms with van der Waals surface area (Å²) in [6, 6.07) is 17.0. The number of pyridine rings is 1. The molecule has 0 spiro atoms. The first kappa shape index (κ1) is 21.3. The number of nitrogens with zero attached hydrogens (tertiary/aromatic N) is 2. The number of aryl methyl sites for hydroxylation is 1. The fraction of sp³-hybridized carbons (Fsp3) is 0.192. The van der Waals surface area contributed by atoms with Gasteiger partial charge in [-0.3, -0.25) is 19.5 Å². The van der Waals surface area contributed by atoms with Crippen LogP contribution in [-0.2, 0) is 9.59 Å². The van der Waals surface area contributed by atoms with E-state index in [1.165, 1.54) is 4.90 Å². The SMILES string of the molecule is CCCOc1cccc(/C(O)=C2\C(=O)C(=O)N(c3cccc(C)c3)C2c2cccnc2)c1. The Hall–Kier alpha value is -3.93. The zero-order valence-corrected chi connectivity index (χ0v) is 18.0. The van der Waals surface area contributed by atoms with Crippen LogP contribution in [0.5, 0.6) is 5.75 Å². The number of Topliss-reactive ketones (excluding diaryl/α,β-unsaturated/α-hetero) is 1. The summed E-state index contributed by atoms with van der Waals surface area (Å²) in [7, 11) is 0. The Labute approximate surface area is 186 Å². The number of amides is 1. The average molecular weight is 428 g/mol. The summed E-state index contributed by atoms with van der Waals surface area (Å²) >= 11 is 0. The minimum atomic E-state index is -0.800. The first-order valence-electron chi connectivity index (χ1n) is 10.5. The summed E-state index contributed by atoms with van der Waals surface area (Å²) < 4.78 is 5.67. The molecule has 0 radical (unpaired) electrons. The smallest absolute Gasteiger partial charge is 0.300 e. The molecule has 1 unspecified atom stereocenters. The Balaban J connectivity index is 1.88. The number of aliphatic hydroxyl groups excluding tert-OH is 1. The molecule has 0 saturated carbocycles. The Morgan fingerprint density at radius 2 is 1.91 bits per heavy atom. The van der Waals surface area contributed by atoms with Crippen LogP contribution in [0.15, 0.2) is 78.6 Å². The van der Waals surface area contributed by atoms with Crippen LogP contribution in [0, 0.1) is 6.92 Å². The maximum Gasteiger partial charge on any atom is 0.300 e. The molecular weight excluding hydrogens is 404 g/mol. The predicted molar refractivity (Wildman–Crippen MR) is 122 cm³/mol. The van der Waals surface area contributed by atoms with Gasteiger partial charge >= 0.3 is 0 Å². The minimum absolute atomic E-state index is 0.0251. The van der Waals surface area contributed by atoms with E-state index in [1.807, 2.05) is 32.0 Å². The Kier molecular flexibility index (Phi) is 6.03. The number of hydrogen-bond donors (Lipinski definition) is 1. The first-order valence-corrected chi connectivity index (χ1v) is 10.5. The summed E-state index contributed by atoms with van der Waals surface area (Å²) in [5.41, 5.74) is 2.61. The molecule has 162 valence electrons. The summed E-state index contributed by atoms with van der Waals surface area (Å²) in [5.74, 6) is -1.09. The fourth-order valence-electron chi connectivity index (χ4n) is 3.84. The monoisotopic (exact) mass is 428 g/mol. The quantitative estimate of drug-likeness (QED) is 0.346. The van der Waals surface area contributed by atoms with E-state index in [2.05, 4.69) is 4.98 Å². The van der Waals surface area contributed by atoms with E-state index < -0.39 is 17.7 Å². The van der Waals surface area contributed by atoms with E-state index in [0.29, 0.717) is 29.2 Å². The number of rotatable bonds is 6. The highest BCUT2D eigenvalue weighted by Gasteiger charge is 2.47. The number of ketones is 1. The minimum Gasteiger partial charge on any atom is -0.507 e. The summed E-state index contributed by atoms with van der Waals surface area (Å²) in [6.45, 7) is 4.46. The molecule has 6 nitrogen and oxygen atoms in total. The Bertz CT molecular complexity index is 1190. The van der Waals surface area contributed by atoms with E-state index in [0.717, 1.165) is 12.0 Å². The zero-order valence-electron chi connectivity index (χ0n) is 18.0. The normalized spacial score (nSPS) is 17.6. The van der Waals surface area contributed by atoms with E-state index in [9.17, 15) is 14.7 Å². The summed E-state index contributed by atoms with van der Waals surface area (Å²) in [6.07, 6.45) is 4.07. The summed E-state index contributed by atoms with van der Waals surface area (Å²) in [5, 5.41) is 11.2. The predicted octanol–water partition coefficient (Wildman–Crippen LogP) is 4.81. The van der Waals surface area contributed by atoms with E-state index >= 15 is 0 Å². The Morgan fingerprint density at radius 3 is 2.62 bits per heavy atom. The van der Waals surface area contributed by atoms with Gasteiger partial charge in [0, 0.05) is 23.6 Å². The molecule has 2 heterocycles. The lowest BCUT2D eigenvalue weighted by atomic mass is 9.96. The van der Waals surface area contributed by atoms with Gasteiger partial charge in [0.05, 0.1) is 18.2 Å². The zero-order chi connectivity index (χ0) is 22.7. The van der Waals surface area contributed by atoms with Crippen molar-refractivity contribution in [1.82, 2.24) is 4.98 Å². The molecule has 3 aromatic rings. The molecule has 32 heavy (non-hydrogen) atoms. The second kappa shape index (κ2) is 9.06. The Morgan fingerprint density at radius 1 is 1.09 bits per heavy atom. The molecule has 0 aliphatic carbocycles. The maximum atomic E-state index is 13.2. The molecule has 2 aromatic carbocycles. The number of ether oxygens (including phenoxy) is 1. The largest absolute Gasteiger partial charge is 0.507 e. The van der Waals surface area contributed by atoms with Crippen LogP contribution >= 0.6 is 0 Å². The van der Waals surface area contributed by atoms with Crippen LogP contribution < -0.4 is 9.64 Å². The van der Waals surface area contributed by atoms with Crippen molar-refractivity contribution in [2.45, 2.75) is 26.3 Å². The number of benzene rings is 2. The number of anilines is 1. The number of aliphatic hydroxyl groups is 1. The van der Waals surface area contributed by atoms with Gasteiger partial charge < -0.3 is 9.84 Å². The van der Waals surface area contributed by atoms with Gasteiger partial charge in [0.15, 0.2) is 0 Å². The second-order valence-corrected chi connectivity index (χ2v) is 7.67. The fourth-order valence-corrected chi connectivity index (χ4v) is 3.84. The number of aromatic nitrogens is 1. The van der Waals surface area contributed by atoms with Gasteiger partial charge in [-0.15, -0.1) is 0 Å². The van der Waals surface area contributed by atoms with Crippen molar-refractivity contribution in [1.29, 1.82) is 0 Å². The van der Waals surface area contributed by atoms with Gasteiger partial charge in [-0.05, 0) is 54.8 Å². The van der Waals surface area contributed by atoms with Crippen LogP contribution in [0.2, 0.25) is 0 Å². The highest BCUT2D eigenvalue weighted by atomic mass is 16.5. The third-order valence-corrected chi connectivity index (χ3v) is 5.30. The molecule has 1 atom stereocenters. The standard InChI is InChI=1S/C26H24N2O4/c1-3-13-32-21-11-5-8-18(15-21)24(29)22-23(19-9-6-12-27-16-19)28(26(31)25(22)30)20-10-4-7-17(2)14-20/h4-12,14-16,23,29H,3,13H2,1-2H3/b24-22+. The molecule has 1 amide bonds. The van der Waals surface area contributed by atoms with Crippen molar-refractivity contribution >= 4 is 23.1 Å². The molecular formula is C26H24N2O4. The highest BCUT2D eigenvalue weighted by molar-refractivity contribution is 6.51. The number of carbonyl (C=O) groups is 2. The van der Waals surface area contributed by atoms with Crippen molar-refractivity contribution in [3.63, 3.8) is 0 Å². The third-order valence-electron chi connectivity index (χ3n) is 5.30. The third kappa shape index (κ3) is 3.99. The first-order chi connectivity index (χ1) is 15.5. The number of carbonyl (C=O) groups excluding carboxylic acids is 2. The molecule has 4 rings (SSSR count). The number of hydrogen-bond acceptors (Lipinski definition) is 5. The molecule has 1 aliphatic rings. The maximum absolute atomic E-state index is 13.2. The lowest BCUT2D eigenvalue weighted by Crippen LogP contribution is -2.29. The average Bonchev–Trinajstić information content (AvgIpc) is 3.08. The molecule has 1 fully saturated rings. The van der Waals surface area contributed by atoms with Gasteiger partial charge in [-0.25, -0.2) is 0 Å². The van der Waals surface area contributed by atoms with Crippen molar-refractivity contribution in [3.05, 3.63) is 95.3 Å². The van der Waals surface area contributed by atoms with E-state index in [1.54, 1.807) is 54.9 Å². The molecule has 1 aliphatic heterocycles. The summed E-state index contributed by atoms with van der Waals surface area (Å²) in [4.78, 5) is 31.9.